The first-order chi connectivity index (χ1) is 8.83. The zero-order chi connectivity index (χ0) is 12.8. The van der Waals surface area contributed by atoms with Gasteiger partial charge in [-0.05, 0) is 50.5 Å². The molecule has 3 heteroatoms. The van der Waals surface area contributed by atoms with Gasteiger partial charge in [-0.3, -0.25) is 0 Å². The average Bonchev–Trinajstić information content (AvgIpc) is 3.00. The molecule has 0 radical (unpaired) electrons. The highest BCUT2D eigenvalue weighted by atomic mass is 15.1. The quantitative estimate of drug-likeness (QED) is 0.800. The summed E-state index contributed by atoms with van der Waals surface area (Å²) >= 11 is 0. The molecule has 0 aromatic carbocycles. The van der Waals surface area contributed by atoms with Crippen molar-refractivity contribution < 1.29 is 0 Å². The zero-order valence-corrected chi connectivity index (χ0v) is 11.9. The molecular weight excluding hydrogens is 222 g/mol. The average molecular weight is 249 g/mol. The van der Waals surface area contributed by atoms with Gasteiger partial charge in [0.25, 0.3) is 0 Å². The third-order valence-corrected chi connectivity index (χ3v) is 3.94. The molecule has 1 aliphatic heterocycles. The molecule has 1 aromatic heterocycles. The number of aryl methyl sites for hydroxylation is 1. The van der Waals surface area contributed by atoms with Crippen LogP contribution in [-0.4, -0.2) is 35.6 Å². The van der Waals surface area contributed by atoms with Crippen LogP contribution in [0.5, 0.6) is 0 Å². The van der Waals surface area contributed by atoms with E-state index in [2.05, 4.69) is 47.0 Å². The van der Waals surface area contributed by atoms with Crippen LogP contribution in [0.25, 0.3) is 0 Å². The van der Waals surface area contributed by atoms with Crippen LogP contribution in [0.15, 0.2) is 18.3 Å². The smallest absolute Gasteiger partial charge is 0.0359 e. The second-order valence-corrected chi connectivity index (χ2v) is 5.37. The number of aromatic nitrogens is 1. The molecule has 2 rings (SSSR count). The Morgan fingerprint density at radius 3 is 3.00 bits per heavy atom. The molecule has 1 fully saturated rings. The number of likely N-dealkylation sites (tertiary alicyclic amines) is 1. The maximum Gasteiger partial charge on any atom is 0.0359 e. The first-order valence-corrected chi connectivity index (χ1v) is 7.40. The monoisotopic (exact) mass is 249 g/mol. The summed E-state index contributed by atoms with van der Waals surface area (Å²) in [6.07, 6.45) is 4.75. The van der Waals surface area contributed by atoms with Crippen LogP contribution in [0.1, 0.15) is 32.4 Å². The van der Waals surface area contributed by atoms with Crippen LogP contribution in [0.3, 0.4) is 0 Å². The van der Waals surface area contributed by atoms with Crippen molar-refractivity contribution in [1.29, 1.82) is 0 Å². The van der Waals surface area contributed by atoms with Gasteiger partial charge in [-0.2, -0.15) is 0 Å². The summed E-state index contributed by atoms with van der Waals surface area (Å²) in [4.78, 5) is 2.55. The summed E-state index contributed by atoms with van der Waals surface area (Å²) in [5, 5.41) is 3.63. The summed E-state index contributed by atoms with van der Waals surface area (Å²) in [6.45, 7) is 11.6. The van der Waals surface area contributed by atoms with E-state index in [1.54, 1.807) is 0 Å². The van der Waals surface area contributed by atoms with E-state index in [-0.39, 0.29) is 0 Å². The van der Waals surface area contributed by atoms with Crippen molar-refractivity contribution in [1.82, 2.24) is 14.8 Å². The molecule has 0 amide bonds. The standard InChI is InChI=1S/C15H27N3/c1-3-8-18-9-5-6-15(18)12-16-11-14-7-10-17(4-2)13-14/h5-6,9,14,16H,3-4,7-8,10-13H2,1-2H3. The Labute approximate surface area is 111 Å². The molecule has 2 heterocycles. The minimum Gasteiger partial charge on any atom is -0.350 e. The highest BCUT2D eigenvalue weighted by molar-refractivity contribution is 5.06. The summed E-state index contributed by atoms with van der Waals surface area (Å²) in [7, 11) is 0. The van der Waals surface area contributed by atoms with Gasteiger partial charge >= 0.3 is 0 Å². The van der Waals surface area contributed by atoms with Crippen LogP contribution in [0.2, 0.25) is 0 Å². The van der Waals surface area contributed by atoms with E-state index in [0.717, 1.165) is 25.6 Å². The normalized spacial score (nSPS) is 20.7. The van der Waals surface area contributed by atoms with Gasteiger partial charge in [0.05, 0.1) is 0 Å². The molecule has 1 aromatic rings. The highest BCUT2D eigenvalue weighted by Crippen LogP contribution is 2.14. The lowest BCUT2D eigenvalue weighted by Gasteiger charge is -2.14. The molecule has 1 atom stereocenters. The van der Waals surface area contributed by atoms with Crippen molar-refractivity contribution in [3.8, 4) is 0 Å². The van der Waals surface area contributed by atoms with Crippen molar-refractivity contribution in [2.24, 2.45) is 5.92 Å². The van der Waals surface area contributed by atoms with E-state index >= 15 is 0 Å². The van der Waals surface area contributed by atoms with Crippen LogP contribution in [0.4, 0.5) is 0 Å². The molecule has 3 nitrogen and oxygen atoms in total. The van der Waals surface area contributed by atoms with Crippen molar-refractivity contribution in [2.45, 2.75) is 39.8 Å². The lowest BCUT2D eigenvalue weighted by atomic mass is 10.1. The summed E-state index contributed by atoms with van der Waals surface area (Å²) in [6, 6.07) is 4.39. The van der Waals surface area contributed by atoms with Crippen LogP contribution in [-0.2, 0) is 13.1 Å². The van der Waals surface area contributed by atoms with Crippen LogP contribution >= 0.6 is 0 Å². The predicted molar refractivity (Wildman–Crippen MR) is 76.7 cm³/mol. The lowest BCUT2D eigenvalue weighted by molar-refractivity contribution is 0.338. The van der Waals surface area contributed by atoms with E-state index in [4.69, 9.17) is 0 Å². The third-order valence-electron chi connectivity index (χ3n) is 3.94. The fraction of sp³-hybridized carbons (Fsp3) is 0.733. The van der Waals surface area contributed by atoms with Gasteiger partial charge in [-0.15, -0.1) is 0 Å². The van der Waals surface area contributed by atoms with E-state index in [0.29, 0.717) is 0 Å². The molecule has 0 saturated carbocycles. The topological polar surface area (TPSA) is 20.2 Å². The van der Waals surface area contributed by atoms with Crippen molar-refractivity contribution >= 4 is 0 Å². The Morgan fingerprint density at radius 1 is 1.39 bits per heavy atom. The van der Waals surface area contributed by atoms with Gasteiger partial charge in [0.2, 0.25) is 0 Å². The number of nitrogens with zero attached hydrogens (tertiary/aromatic N) is 2. The fourth-order valence-electron chi connectivity index (χ4n) is 2.84. The molecule has 1 aliphatic rings. The molecule has 0 spiro atoms. The molecule has 102 valence electrons. The second kappa shape index (κ2) is 6.95. The molecule has 18 heavy (non-hydrogen) atoms. The maximum absolute atomic E-state index is 3.63. The Bertz CT molecular complexity index is 345. The SMILES string of the molecule is CCCn1cccc1CNCC1CCN(CC)C1. The predicted octanol–water partition coefficient (Wildman–Crippen LogP) is 2.33. The Hall–Kier alpha value is -0.800. The minimum atomic E-state index is 0.847. The van der Waals surface area contributed by atoms with Crippen molar-refractivity contribution in [2.75, 3.05) is 26.2 Å². The Balaban J connectivity index is 1.70. The molecule has 0 bridgehead atoms. The third kappa shape index (κ3) is 3.59. The van der Waals surface area contributed by atoms with E-state index in [1.165, 1.54) is 38.2 Å². The second-order valence-electron chi connectivity index (χ2n) is 5.37. The van der Waals surface area contributed by atoms with E-state index in [9.17, 15) is 0 Å². The summed E-state index contributed by atoms with van der Waals surface area (Å²) < 4.78 is 2.36. The van der Waals surface area contributed by atoms with Gasteiger partial charge in [0.1, 0.15) is 0 Å². The van der Waals surface area contributed by atoms with Crippen LogP contribution < -0.4 is 5.32 Å². The van der Waals surface area contributed by atoms with Crippen molar-refractivity contribution in [3.63, 3.8) is 0 Å². The Morgan fingerprint density at radius 2 is 2.28 bits per heavy atom. The first kappa shape index (κ1) is 13.6. The van der Waals surface area contributed by atoms with Crippen LogP contribution in [0, 0.1) is 5.92 Å². The number of rotatable bonds is 7. The van der Waals surface area contributed by atoms with E-state index in [1.807, 2.05) is 0 Å². The number of hydrogen-bond acceptors (Lipinski definition) is 2. The van der Waals surface area contributed by atoms with Gasteiger partial charge < -0.3 is 14.8 Å². The minimum absolute atomic E-state index is 0.847. The van der Waals surface area contributed by atoms with Crippen molar-refractivity contribution in [3.05, 3.63) is 24.0 Å². The number of nitrogens with one attached hydrogen (secondary N) is 1. The van der Waals surface area contributed by atoms with Gasteiger partial charge in [-0.25, -0.2) is 0 Å². The maximum atomic E-state index is 3.63. The molecule has 1 unspecified atom stereocenters. The van der Waals surface area contributed by atoms with Gasteiger partial charge in [-0.1, -0.05) is 13.8 Å². The molecular formula is C15H27N3. The van der Waals surface area contributed by atoms with E-state index < -0.39 is 0 Å². The number of hydrogen-bond donors (Lipinski definition) is 1. The molecule has 1 N–H and O–H groups in total. The molecule has 0 aliphatic carbocycles. The van der Waals surface area contributed by atoms with Gasteiger partial charge in [0.15, 0.2) is 0 Å². The molecule has 1 saturated heterocycles. The van der Waals surface area contributed by atoms with Gasteiger partial charge in [0, 0.05) is 31.5 Å². The Kier molecular flexibility index (Phi) is 5.26. The largest absolute Gasteiger partial charge is 0.350 e. The first-order valence-electron chi connectivity index (χ1n) is 7.40. The summed E-state index contributed by atoms with van der Waals surface area (Å²) in [5.41, 5.74) is 1.42. The highest BCUT2D eigenvalue weighted by Gasteiger charge is 2.20. The lowest BCUT2D eigenvalue weighted by Crippen LogP contribution is -2.26. The summed E-state index contributed by atoms with van der Waals surface area (Å²) in [5.74, 6) is 0.847. The zero-order valence-electron chi connectivity index (χ0n) is 11.9. The fourth-order valence-corrected chi connectivity index (χ4v) is 2.84.